The van der Waals surface area contributed by atoms with Crippen LogP contribution in [0.15, 0.2) is 54.6 Å². The van der Waals surface area contributed by atoms with E-state index in [9.17, 15) is 5.11 Å². The van der Waals surface area contributed by atoms with Crippen molar-refractivity contribution in [2.24, 2.45) is 0 Å². The molecule has 2 N–H and O–H groups in total. The van der Waals surface area contributed by atoms with E-state index >= 15 is 0 Å². The zero-order valence-electron chi connectivity index (χ0n) is 22.4. The quantitative estimate of drug-likeness (QED) is 0.387. The number of rotatable bonds is 8. The largest absolute Gasteiger partial charge is 0.508 e. The molecule has 5 rings (SSSR count). The molecule has 1 saturated heterocycles. The maximum atomic E-state index is 9.94. The molecule has 1 aliphatic carbocycles. The van der Waals surface area contributed by atoms with Crippen molar-refractivity contribution in [2.45, 2.75) is 57.4 Å². The lowest BCUT2D eigenvalue weighted by atomic mass is 9.79. The number of anilines is 1. The number of nitrogens with one attached hydrogen (secondary N) is 1. The predicted octanol–water partition coefficient (Wildman–Crippen LogP) is 6.18. The topological polar surface area (TPSA) is 54.0 Å². The average Bonchev–Trinajstić information content (AvgIpc) is 2.95. The van der Waals surface area contributed by atoms with Gasteiger partial charge in [0, 0.05) is 24.8 Å². The van der Waals surface area contributed by atoms with Gasteiger partial charge in [-0.3, -0.25) is 0 Å². The van der Waals surface area contributed by atoms with Gasteiger partial charge in [0.25, 0.3) is 0 Å². The first-order chi connectivity index (χ1) is 18.1. The highest BCUT2D eigenvalue weighted by molar-refractivity contribution is 5.64. The number of fused-ring (bicyclic) bond motifs is 1. The van der Waals surface area contributed by atoms with Gasteiger partial charge >= 0.3 is 0 Å². The van der Waals surface area contributed by atoms with Crippen molar-refractivity contribution in [2.75, 3.05) is 38.8 Å². The average molecular weight is 501 g/mol. The SMILES string of the molecule is CCN(Cc1ccc(C2CCNCC2)cc1)c1cc(OC)c(OC)cc1C1CCc2cc(O)ccc2C1. The summed E-state index contributed by atoms with van der Waals surface area (Å²) < 4.78 is 11.5. The van der Waals surface area contributed by atoms with Gasteiger partial charge in [0.15, 0.2) is 11.5 Å². The highest BCUT2D eigenvalue weighted by Crippen LogP contribution is 2.43. The maximum Gasteiger partial charge on any atom is 0.162 e. The van der Waals surface area contributed by atoms with E-state index in [-0.39, 0.29) is 0 Å². The van der Waals surface area contributed by atoms with Crippen molar-refractivity contribution in [3.8, 4) is 17.2 Å². The first-order valence-corrected chi connectivity index (χ1v) is 13.7. The molecule has 1 unspecified atom stereocenters. The third-order valence-electron chi connectivity index (χ3n) is 8.28. The lowest BCUT2D eigenvalue weighted by Gasteiger charge is -2.32. The number of ether oxygens (including phenoxy) is 2. The van der Waals surface area contributed by atoms with Crippen molar-refractivity contribution in [1.82, 2.24) is 5.32 Å². The summed E-state index contributed by atoms with van der Waals surface area (Å²) in [4.78, 5) is 2.46. The Morgan fingerprint density at radius 1 is 0.865 bits per heavy atom. The molecule has 1 aliphatic heterocycles. The summed E-state index contributed by atoms with van der Waals surface area (Å²) in [6.45, 7) is 6.21. The first-order valence-electron chi connectivity index (χ1n) is 13.7. The van der Waals surface area contributed by atoms with E-state index in [1.807, 2.05) is 12.1 Å². The van der Waals surface area contributed by atoms with Crippen molar-refractivity contribution in [3.05, 3.63) is 82.4 Å². The highest BCUT2D eigenvalue weighted by atomic mass is 16.5. The van der Waals surface area contributed by atoms with Crippen LogP contribution in [0.4, 0.5) is 5.69 Å². The molecule has 0 radical (unpaired) electrons. The molecule has 1 atom stereocenters. The molecule has 0 spiro atoms. The van der Waals surface area contributed by atoms with Gasteiger partial charge in [-0.15, -0.1) is 0 Å². The molecule has 0 amide bonds. The smallest absolute Gasteiger partial charge is 0.162 e. The third-order valence-corrected chi connectivity index (χ3v) is 8.28. The lowest BCUT2D eigenvalue weighted by molar-refractivity contribution is 0.354. The molecule has 2 aliphatic rings. The van der Waals surface area contributed by atoms with Crippen LogP contribution in [0, 0.1) is 0 Å². The maximum absolute atomic E-state index is 9.94. The molecule has 196 valence electrons. The van der Waals surface area contributed by atoms with Gasteiger partial charge in [0.05, 0.1) is 14.2 Å². The number of aryl methyl sites for hydroxylation is 1. The van der Waals surface area contributed by atoms with Gasteiger partial charge in [0.2, 0.25) is 0 Å². The van der Waals surface area contributed by atoms with E-state index in [1.165, 1.54) is 46.3 Å². The van der Waals surface area contributed by atoms with Gasteiger partial charge in [-0.1, -0.05) is 30.3 Å². The van der Waals surface area contributed by atoms with Crippen LogP contribution in [0.3, 0.4) is 0 Å². The molecular formula is C32H40N2O3. The standard InChI is InChI=1S/C32H40N2O3/c1-4-34(21-22-5-7-23(8-6-22)24-13-15-33-16-14-24)30-20-32(37-3)31(36-2)19-29(30)27-10-9-26-18-28(35)12-11-25(26)17-27/h5-8,11-12,18-20,24,27,33,35H,4,9-10,13-17,21H2,1-3H3. The summed E-state index contributed by atoms with van der Waals surface area (Å²) >= 11 is 0. The fourth-order valence-electron chi connectivity index (χ4n) is 6.13. The normalized spacial score (nSPS) is 17.8. The van der Waals surface area contributed by atoms with E-state index in [4.69, 9.17) is 9.47 Å². The van der Waals surface area contributed by atoms with Crippen LogP contribution < -0.4 is 19.7 Å². The molecule has 0 saturated carbocycles. The molecule has 3 aromatic rings. The molecule has 5 nitrogen and oxygen atoms in total. The van der Waals surface area contributed by atoms with Crippen LogP contribution in [0.5, 0.6) is 17.2 Å². The highest BCUT2D eigenvalue weighted by Gasteiger charge is 2.26. The molecule has 1 heterocycles. The van der Waals surface area contributed by atoms with Crippen molar-refractivity contribution < 1.29 is 14.6 Å². The molecule has 37 heavy (non-hydrogen) atoms. The minimum Gasteiger partial charge on any atom is -0.508 e. The summed E-state index contributed by atoms with van der Waals surface area (Å²) in [5.74, 6) is 2.95. The van der Waals surface area contributed by atoms with E-state index in [2.05, 4.69) is 59.6 Å². The van der Waals surface area contributed by atoms with Crippen LogP contribution >= 0.6 is 0 Å². The van der Waals surface area contributed by atoms with Gasteiger partial charge in [0.1, 0.15) is 5.75 Å². The van der Waals surface area contributed by atoms with Crippen molar-refractivity contribution >= 4 is 5.69 Å². The summed E-state index contributed by atoms with van der Waals surface area (Å²) in [6.07, 6.45) is 5.41. The molecule has 3 aromatic carbocycles. The van der Waals surface area contributed by atoms with E-state index in [0.29, 0.717) is 17.6 Å². The predicted molar refractivity (Wildman–Crippen MR) is 150 cm³/mol. The molecular weight excluding hydrogens is 460 g/mol. The molecule has 5 heteroatoms. The van der Waals surface area contributed by atoms with Crippen molar-refractivity contribution in [3.63, 3.8) is 0 Å². The fourth-order valence-corrected chi connectivity index (χ4v) is 6.13. The zero-order chi connectivity index (χ0) is 25.8. The van der Waals surface area contributed by atoms with E-state index in [1.54, 1.807) is 14.2 Å². The number of nitrogens with zero attached hydrogens (tertiary/aromatic N) is 1. The van der Waals surface area contributed by atoms with Gasteiger partial charge < -0.3 is 24.8 Å². The molecule has 1 fully saturated rings. The number of phenolic OH excluding ortho intramolecular Hbond substituents is 1. The zero-order valence-corrected chi connectivity index (χ0v) is 22.4. The summed E-state index contributed by atoms with van der Waals surface area (Å²) in [5, 5.41) is 13.4. The summed E-state index contributed by atoms with van der Waals surface area (Å²) in [7, 11) is 3.42. The number of piperidine rings is 1. The Hall–Kier alpha value is -3.18. The van der Waals surface area contributed by atoms with Gasteiger partial charge in [-0.05, 0) is 110 Å². The summed E-state index contributed by atoms with van der Waals surface area (Å²) in [5.41, 5.74) is 7.90. The second kappa shape index (κ2) is 11.5. The second-order valence-electron chi connectivity index (χ2n) is 10.4. The molecule has 0 bridgehead atoms. The van der Waals surface area contributed by atoms with Crippen molar-refractivity contribution in [1.29, 1.82) is 0 Å². The number of hydrogen-bond donors (Lipinski definition) is 2. The third kappa shape index (κ3) is 5.57. The number of phenols is 1. The first kappa shape index (κ1) is 25.5. The van der Waals surface area contributed by atoms with Crippen LogP contribution in [-0.2, 0) is 19.4 Å². The van der Waals surface area contributed by atoms with Gasteiger partial charge in [-0.25, -0.2) is 0 Å². The van der Waals surface area contributed by atoms with Crippen LogP contribution in [0.25, 0.3) is 0 Å². The number of methoxy groups -OCH3 is 2. The minimum absolute atomic E-state index is 0.354. The monoisotopic (exact) mass is 500 g/mol. The Labute approximate surface area is 221 Å². The summed E-state index contributed by atoms with van der Waals surface area (Å²) in [6, 6.07) is 19.5. The molecule has 0 aromatic heterocycles. The Morgan fingerprint density at radius 3 is 2.30 bits per heavy atom. The van der Waals surface area contributed by atoms with E-state index < -0.39 is 0 Å². The lowest BCUT2D eigenvalue weighted by Crippen LogP contribution is -2.26. The Kier molecular flexibility index (Phi) is 7.90. The van der Waals surface area contributed by atoms with E-state index in [0.717, 1.165) is 56.9 Å². The number of aromatic hydroxyl groups is 1. The van der Waals surface area contributed by atoms with Gasteiger partial charge in [-0.2, -0.15) is 0 Å². The Bertz CT molecular complexity index is 1200. The minimum atomic E-state index is 0.354. The Morgan fingerprint density at radius 2 is 1.59 bits per heavy atom. The van der Waals surface area contributed by atoms with Crippen LogP contribution in [-0.4, -0.2) is 39.0 Å². The Balaban J connectivity index is 1.44. The number of hydrogen-bond acceptors (Lipinski definition) is 5. The second-order valence-corrected chi connectivity index (χ2v) is 10.4. The van der Waals surface area contributed by atoms with Crippen LogP contribution in [0.2, 0.25) is 0 Å². The number of benzene rings is 3. The van der Waals surface area contributed by atoms with Crippen LogP contribution in [0.1, 0.15) is 65.8 Å². The fraction of sp³-hybridized carbons (Fsp3) is 0.438.